The summed E-state index contributed by atoms with van der Waals surface area (Å²) in [6.07, 6.45) is 58.4. The van der Waals surface area contributed by atoms with Crippen molar-refractivity contribution in [3.8, 4) is 0 Å². The number of carbonyl (C=O) groups is 3. The third-order valence-corrected chi connectivity index (χ3v) is 13.1. The van der Waals surface area contributed by atoms with Crippen molar-refractivity contribution in [3.63, 3.8) is 0 Å². The summed E-state index contributed by atoms with van der Waals surface area (Å²) in [5.74, 6) is -0.844. The molecule has 0 amide bonds. The Hall–Kier alpha value is -1.59. The van der Waals surface area contributed by atoms with Crippen molar-refractivity contribution in [2.45, 2.75) is 335 Å². The van der Waals surface area contributed by atoms with Crippen LogP contribution in [0.2, 0.25) is 0 Å². The van der Waals surface area contributed by atoms with Crippen molar-refractivity contribution < 1.29 is 28.6 Å². The van der Waals surface area contributed by atoms with Gasteiger partial charge in [-0.1, -0.05) is 290 Å². The van der Waals surface area contributed by atoms with Gasteiger partial charge in [-0.05, 0) is 19.3 Å². The van der Waals surface area contributed by atoms with Gasteiger partial charge in [0.1, 0.15) is 13.2 Å². The minimum Gasteiger partial charge on any atom is -0.462 e. The van der Waals surface area contributed by atoms with Gasteiger partial charge in [0.25, 0.3) is 0 Å². The van der Waals surface area contributed by atoms with E-state index in [1.165, 1.54) is 231 Å². The Bertz CT molecular complexity index is 936. The molecule has 374 valence electrons. The van der Waals surface area contributed by atoms with E-state index in [1.54, 1.807) is 0 Å². The second kappa shape index (κ2) is 53.0. The predicted molar refractivity (Wildman–Crippen MR) is 270 cm³/mol. The van der Waals surface area contributed by atoms with Crippen molar-refractivity contribution in [1.29, 1.82) is 0 Å². The van der Waals surface area contributed by atoms with E-state index in [-0.39, 0.29) is 31.1 Å². The fourth-order valence-electron chi connectivity index (χ4n) is 8.80. The number of hydrogen-bond acceptors (Lipinski definition) is 6. The van der Waals surface area contributed by atoms with E-state index in [2.05, 4.69) is 20.8 Å². The molecule has 6 nitrogen and oxygen atoms in total. The van der Waals surface area contributed by atoms with Crippen LogP contribution >= 0.6 is 0 Å². The summed E-state index contributed by atoms with van der Waals surface area (Å²) in [6.45, 7) is 6.66. The van der Waals surface area contributed by atoms with E-state index in [4.69, 9.17) is 14.2 Å². The van der Waals surface area contributed by atoms with E-state index in [0.29, 0.717) is 19.3 Å². The summed E-state index contributed by atoms with van der Waals surface area (Å²) in [5.41, 5.74) is 0. The summed E-state index contributed by atoms with van der Waals surface area (Å²) in [4.78, 5) is 37.9. The Morgan fingerprint density at radius 1 is 0.254 bits per heavy atom. The van der Waals surface area contributed by atoms with E-state index >= 15 is 0 Å². The lowest BCUT2D eigenvalue weighted by Gasteiger charge is -2.18. The van der Waals surface area contributed by atoms with Gasteiger partial charge in [-0.3, -0.25) is 14.4 Å². The molecule has 6 heteroatoms. The van der Waals surface area contributed by atoms with Gasteiger partial charge in [0.15, 0.2) is 6.10 Å². The Morgan fingerprint density at radius 3 is 0.635 bits per heavy atom. The van der Waals surface area contributed by atoms with Gasteiger partial charge in [-0.25, -0.2) is 0 Å². The van der Waals surface area contributed by atoms with Gasteiger partial charge in [0, 0.05) is 19.3 Å². The van der Waals surface area contributed by atoms with Gasteiger partial charge in [-0.15, -0.1) is 0 Å². The number of unbranched alkanes of at least 4 members (excludes halogenated alkanes) is 42. The van der Waals surface area contributed by atoms with E-state index < -0.39 is 6.10 Å². The quantitative estimate of drug-likeness (QED) is 0.0344. The largest absolute Gasteiger partial charge is 0.462 e. The third-order valence-electron chi connectivity index (χ3n) is 13.1. The lowest BCUT2D eigenvalue weighted by Crippen LogP contribution is -2.30. The molecule has 0 bridgehead atoms. The predicted octanol–water partition coefficient (Wildman–Crippen LogP) is 18.8. The monoisotopic (exact) mass is 891 g/mol. The van der Waals surface area contributed by atoms with Crippen LogP contribution in [0.15, 0.2) is 0 Å². The molecule has 0 fully saturated rings. The summed E-state index contributed by atoms with van der Waals surface area (Å²) < 4.78 is 16.8. The zero-order valence-corrected chi connectivity index (χ0v) is 42.9. The van der Waals surface area contributed by atoms with Crippen molar-refractivity contribution in [2.24, 2.45) is 0 Å². The van der Waals surface area contributed by atoms with E-state index in [1.807, 2.05) is 0 Å². The minimum absolute atomic E-state index is 0.0620. The van der Waals surface area contributed by atoms with Crippen molar-refractivity contribution >= 4 is 17.9 Å². The molecule has 0 saturated heterocycles. The van der Waals surface area contributed by atoms with Crippen LogP contribution in [0.4, 0.5) is 0 Å². The highest BCUT2D eigenvalue weighted by atomic mass is 16.6. The molecule has 63 heavy (non-hydrogen) atoms. The van der Waals surface area contributed by atoms with Crippen LogP contribution in [-0.2, 0) is 28.6 Å². The first kappa shape index (κ1) is 61.4. The topological polar surface area (TPSA) is 78.9 Å². The molecule has 0 aliphatic rings. The lowest BCUT2D eigenvalue weighted by atomic mass is 10.0. The number of carbonyl (C=O) groups excluding carboxylic acids is 3. The molecule has 0 aromatic carbocycles. The normalized spacial score (nSPS) is 11.9. The fraction of sp³-hybridized carbons (Fsp3) is 0.947. The number of rotatable bonds is 53. The average Bonchev–Trinajstić information content (AvgIpc) is 3.28. The summed E-state index contributed by atoms with van der Waals surface area (Å²) in [6, 6.07) is 0. The lowest BCUT2D eigenvalue weighted by molar-refractivity contribution is -0.167. The summed E-state index contributed by atoms with van der Waals surface area (Å²) >= 11 is 0. The molecule has 0 rings (SSSR count). The highest BCUT2D eigenvalue weighted by Gasteiger charge is 2.19. The Labute approximate surface area is 393 Å². The third kappa shape index (κ3) is 51.3. The molecule has 0 heterocycles. The fourth-order valence-corrected chi connectivity index (χ4v) is 8.80. The second-order valence-corrected chi connectivity index (χ2v) is 19.6. The maximum Gasteiger partial charge on any atom is 0.306 e. The molecule has 0 saturated carbocycles. The minimum atomic E-state index is -0.759. The molecule has 0 radical (unpaired) electrons. The first-order valence-electron chi connectivity index (χ1n) is 28.5. The molecule has 1 unspecified atom stereocenters. The van der Waals surface area contributed by atoms with Crippen LogP contribution in [0.1, 0.15) is 329 Å². The smallest absolute Gasteiger partial charge is 0.306 e. The maximum absolute atomic E-state index is 12.8. The van der Waals surface area contributed by atoms with E-state index in [0.717, 1.165) is 57.8 Å². The number of hydrogen-bond donors (Lipinski definition) is 0. The van der Waals surface area contributed by atoms with Crippen LogP contribution in [-0.4, -0.2) is 37.2 Å². The van der Waals surface area contributed by atoms with Gasteiger partial charge < -0.3 is 14.2 Å². The molecule has 0 aliphatic heterocycles. The van der Waals surface area contributed by atoms with Crippen molar-refractivity contribution in [1.82, 2.24) is 0 Å². The van der Waals surface area contributed by atoms with Gasteiger partial charge in [-0.2, -0.15) is 0 Å². The first-order chi connectivity index (χ1) is 31.0. The highest BCUT2D eigenvalue weighted by Crippen LogP contribution is 2.18. The van der Waals surface area contributed by atoms with Crippen LogP contribution < -0.4 is 0 Å². The Balaban J connectivity index is 4.05. The zero-order valence-electron chi connectivity index (χ0n) is 42.9. The molecular formula is C57H110O6. The summed E-state index contributed by atoms with van der Waals surface area (Å²) in [7, 11) is 0. The molecule has 0 aromatic heterocycles. The van der Waals surface area contributed by atoms with Crippen LogP contribution in [0.25, 0.3) is 0 Å². The summed E-state index contributed by atoms with van der Waals surface area (Å²) in [5, 5.41) is 0. The number of ether oxygens (including phenoxy) is 3. The number of esters is 3. The second-order valence-electron chi connectivity index (χ2n) is 19.6. The molecular weight excluding hydrogens is 781 g/mol. The molecule has 0 aliphatic carbocycles. The highest BCUT2D eigenvalue weighted by molar-refractivity contribution is 5.71. The Morgan fingerprint density at radius 2 is 0.429 bits per heavy atom. The molecule has 0 spiro atoms. The Kier molecular flexibility index (Phi) is 51.7. The SMILES string of the molecule is CCCCCCCCCCCCCCCCCCCCCCCCCCCC(=O)OCC(COC(=O)CCCCCCCCCC)OC(=O)CCCCCCCCCCCCCC. The van der Waals surface area contributed by atoms with Crippen LogP contribution in [0.3, 0.4) is 0 Å². The standard InChI is InChI=1S/C57H110O6/c1-4-7-10-13-16-19-21-23-24-25-26-27-28-29-30-31-32-33-34-35-37-38-41-44-47-50-56(59)62-53-54(52-61-55(58)49-46-43-40-18-15-12-9-6-3)63-57(60)51-48-45-42-39-36-22-20-17-14-11-8-5-2/h54H,4-53H2,1-3H3. The van der Waals surface area contributed by atoms with Crippen molar-refractivity contribution in [3.05, 3.63) is 0 Å². The van der Waals surface area contributed by atoms with Crippen LogP contribution in [0.5, 0.6) is 0 Å². The first-order valence-corrected chi connectivity index (χ1v) is 28.5. The molecule has 1 atom stereocenters. The molecule has 0 aromatic rings. The molecule has 0 N–H and O–H groups in total. The van der Waals surface area contributed by atoms with E-state index in [9.17, 15) is 14.4 Å². The van der Waals surface area contributed by atoms with Crippen molar-refractivity contribution in [2.75, 3.05) is 13.2 Å². The van der Waals surface area contributed by atoms with Gasteiger partial charge >= 0.3 is 17.9 Å². The average molecular weight is 892 g/mol. The van der Waals surface area contributed by atoms with Crippen LogP contribution in [0, 0.1) is 0 Å². The maximum atomic E-state index is 12.8. The van der Waals surface area contributed by atoms with Gasteiger partial charge in [0.05, 0.1) is 0 Å². The zero-order chi connectivity index (χ0) is 45.8. The van der Waals surface area contributed by atoms with Gasteiger partial charge in [0.2, 0.25) is 0 Å².